The average Bonchev–Trinajstić information content (AvgIpc) is 3.34. The molecule has 4 rings (SSSR count). The summed E-state index contributed by atoms with van der Waals surface area (Å²) >= 11 is 0. The fraction of sp³-hybridized carbons (Fsp3) is 0.300. The van der Waals surface area contributed by atoms with Crippen LogP contribution in [-0.4, -0.2) is 23.2 Å². The first-order valence-corrected chi connectivity index (χ1v) is 8.67. The maximum absolute atomic E-state index is 5.81. The number of nitrogens with zero attached hydrogens (tertiary/aromatic N) is 2. The highest BCUT2D eigenvalue weighted by Crippen LogP contribution is 2.22. The first-order valence-electron chi connectivity index (χ1n) is 8.67. The lowest BCUT2D eigenvalue weighted by molar-refractivity contribution is 0.306. The third kappa shape index (κ3) is 4.62. The Morgan fingerprint density at radius 3 is 2.62 bits per heavy atom. The van der Waals surface area contributed by atoms with Crippen molar-refractivity contribution in [1.82, 2.24) is 15.5 Å². The second-order valence-electron chi connectivity index (χ2n) is 6.37. The second-order valence-corrected chi connectivity index (χ2v) is 6.37. The minimum absolute atomic E-state index is 0. The van der Waals surface area contributed by atoms with Crippen molar-refractivity contribution in [2.75, 3.05) is 13.1 Å². The van der Waals surface area contributed by atoms with Gasteiger partial charge in [0.15, 0.2) is 0 Å². The number of rotatable bonds is 6. The van der Waals surface area contributed by atoms with Crippen molar-refractivity contribution >= 4 is 12.4 Å². The monoisotopic (exact) mass is 371 g/mol. The molecule has 2 heterocycles. The van der Waals surface area contributed by atoms with Crippen LogP contribution in [0.1, 0.15) is 17.9 Å². The minimum Gasteiger partial charge on any atom is -0.489 e. The predicted molar refractivity (Wildman–Crippen MR) is 102 cm³/mol. The number of benzene rings is 2. The molecule has 1 N–H and O–H groups in total. The molecule has 1 unspecified atom stereocenters. The Hall–Kier alpha value is -2.37. The molecule has 1 aliphatic rings. The maximum Gasteiger partial charge on any atom is 0.227 e. The van der Waals surface area contributed by atoms with Gasteiger partial charge in [-0.05, 0) is 55.3 Å². The van der Waals surface area contributed by atoms with E-state index in [-0.39, 0.29) is 12.4 Å². The van der Waals surface area contributed by atoms with E-state index in [0.29, 0.717) is 24.2 Å². The van der Waals surface area contributed by atoms with Gasteiger partial charge in [0.1, 0.15) is 12.4 Å². The summed E-state index contributed by atoms with van der Waals surface area (Å²) in [5.74, 6) is 2.78. The summed E-state index contributed by atoms with van der Waals surface area (Å²) in [6, 6.07) is 17.9. The Morgan fingerprint density at radius 2 is 1.88 bits per heavy atom. The number of aromatic nitrogens is 2. The molecule has 0 spiro atoms. The summed E-state index contributed by atoms with van der Waals surface area (Å²) in [6.07, 6.45) is 2.02. The van der Waals surface area contributed by atoms with E-state index in [1.54, 1.807) is 0 Å². The van der Waals surface area contributed by atoms with E-state index < -0.39 is 0 Å². The van der Waals surface area contributed by atoms with Crippen LogP contribution in [0.4, 0.5) is 0 Å². The van der Waals surface area contributed by atoms with E-state index in [1.807, 2.05) is 42.5 Å². The number of ether oxygens (including phenoxy) is 1. The smallest absolute Gasteiger partial charge is 0.227 e. The van der Waals surface area contributed by atoms with Gasteiger partial charge >= 0.3 is 0 Å². The molecular weight excluding hydrogens is 350 g/mol. The Bertz CT molecular complexity index is 799. The molecule has 1 saturated heterocycles. The molecule has 1 aliphatic heterocycles. The number of hydrogen-bond acceptors (Lipinski definition) is 5. The van der Waals surface area contributed by atoms with Gasteiger partial charge in [0.2, 0.25) is 11.7 Å². The van der Waals surface area contributed by atoms with E-state index in [2.05, 4.69) is 27.6 Å². The Morgan fingerprint density at radius 1 is 1.08 bits per heavy atom. The zero-order valence-electron chi connectivity index (χ0n) is 14.4. The van der Waals surface area contributed by atoms with Crippen molar-refractivity contribution < 1.29 is 9.26 Å². The third-order valence-electron chi connectivity index (χ3n) is 4.45. The van der Waals surface area contributed by atoms with Crippen molar-refractivity contribution in [3.05, 3.63) is 66.1 Å². The molecule has 0 bridgehead atoms. The topological polar surface area (TPSA) is 60.2 Å². The second kappa shape index (κ2) is 8.83. The molecule has 136 valence electrons. The van der Waals surface area contributed by atoms with E-state index in [0.717, 1.165) is 36.4 Å². The van der Waals surface area contributed by atoms with Gasteiger partial charge in [-0.25, -0.2) is 0 Å². The van der Waals surface area contributed by atoms with Crippen LogP contribution in [-0.2, 0) is 13.0 Å². The first kappa shape index (κ1) is 18.4. The molecule has 0 radical (unpaired) electrons. The SMILES string of the molecule is Cl.c1ccc(COc2ccc(-c3noc(CC4CCNC4)n3)cc2)cc1. The van der Waals surface area contributed by atoms with Gasteiger partial charge in [-0.1, -0.05) is 35.5 Å². The van der Waals surface area contributed by atoms with Crippen molar-refractivity contribution in [1.29, 1.82) is 0 Å². The molecular formula is C20H22ClN3O2. The van der Waals surface area contributed by atoms with E-state index in [1.165, 1.54) is 6.42 Å². The summed E-state index contributed by atoms with van der Waals surface area (Å²) in [5.41, 5.74) is 2.09. The molecule has 5 nitrogen and oxygen atoms in total. The number of nitrogens with one attached hydrogen (secondary N) is 1. The van der Waals surface area contributed by atoms with Crippen LogP contribution in [0.25, 0.3) is 11.4 Å². The Balaban J connectivity index is 0.00000196. The Labute approximate surface area is 159 Å². The molecule has 0 aliphatic carbocycles. The van der Waals surface area contributed by atoms with Gasteiger partial charge < -0.3 is 14.6 Å². The van der Waals surface area contributed by atoms with E-state index in [4.69, 9.17) is 9.26 Å². The number of halogens is 1. The van der Waals surface area contributed by atoms with Gasteiger partial charge in [0, 0.05) is 12.0 Å². The van der Waals surface area contributed by atoms with Crippen molar-refractivity contribution in [3.8, 4) is 17.1 Å². The van der Waals surface area contributed by atoms with Gasteiger partial charge in [-0.15, -0.1) is 12.4 Å². The van der Waals surface area contributed by atoms with Crippen LogP contribution in [0.3, 0.4) is 0 Å². The average molecular weight is 372 g/mol. The van der Waals surface area contributed by atoms with Crippen LogP contribution in [0.5, 0.6) is 5.75 Å². The summed E-state index contributed by atoms with van der Waals surface area (Å²) in [5, 5.41) is 7.46. The maximum atomic E-state index is 5.81. The molecule has 1 fully saturated rings. The largest absolute Gasteiger partial charge is 0.489 e. The fourth-order valence-corrected chi connectivity index (χ4v) is 3.03. The van der Waals surface area contributed by atoms with E-state index >= 15 is 0 Å². The highest BCUT2D eigenvalue weighted by Gasteiger charge is 2.18. The number of hydrogen-bond donors (Lipinski definition) is 1. The molecule has 1 atom stereocenters. The van der Waals surface area contributed by atoms with Crippen LogP contribution < -0.4 is 10.1 Å². The van der Waals surface area contributed by atoms with Gasteiger partial charge in [-0.2, -0.15) is 4.98 Å². The standard InChI is InChI=1S/C20H21N3O2.ClH/c1-2-4-15(5-3-1)14-24-18-8-6-17(7-9-18)20-22-19(25-23-20)12-16-10-11-21-13-16;/h1-9,16,21H,10-14H2;1H. The van der Waals surface area contributed by atoms with Gasteiger partial charge in [0.05, 0.1) is 0 Å². The lowest BCUT2D eigenvalue weighted by atomic mass is 10.1. The quantitative estimate of drug-likeness (QED) is 0.712. The molecule has 0 saturated carbocycles. The van der Waals surface area contributed by atoms with Crippen LogP contribution in [0, 0.1) is 5.92 Å². The van der Waals surface area contributed by atoms with Crippen LogP contribution in [0.2, 0.25) is 0 Å². The Kier molecular flexibility index (Phi) is 6.26. The fourth-order valence-electron chi connectivity index (χ4n) is 3.03. The van der Waals surface area contributed by atoms with Crippen molar-refractivity contribution in [3.63, 3.8) is 0 Å². The molecule has 26 heavy (non-hydrogen) atoms. The first-order chi connectivity index (χ1) is 12.4. The highest BCUT2D eigenvalue weighted by atomic mass is 35.5. The van der Waals surface area contributed by atoms with Crippen molar-refractivity contribution in [2.24, 2.45) is 5.92 Å². The molecule has 0 amide bonds. The molecule has 3 aromatic rings. The lowest BCUT2D eigenvalue weighted by Gasteiger charge is -2.06. The minimum atomic E-state index is 0. The normalized spacial score (nSPS) is 16.2. The van der Waals surface area contributed by atoms with Crippen molar-refractivity contribution in [2.45, 2.75) is 19.4 Å². The molecule has 2 aromatic carbocycles. The zero-order valence-corrected chi connectivity index (χ0v) is 15.2. The van der Waals surface area contributed by atoms with Crippen LogP contribution >= 0.6 is 12.4 Å². The summed E-state index contributed by atoms with van der Waals surface area (Å²) in [4.78, 5) is 4.52. The predicted octanol–water partition coefficient (Wildman–Crippen LogP) is 3.89. The molecule has 1 aromatic heterocycles. The molecule has 6 heteroatoms. The third-order valence-corrected chi connectivity index (χ3v) is 4.45. The van der Waals surface area contributed by atoms with Gasteiger partial charge in [-0.3, -0.25) is 0 Å². The summed E-state index contributed by atoms with van der Waals surface area (Å²) < 4.78 is 11.2. The van der Waals surface area contributed by atoms with E-state index in [9.17, 15) is 0 Å². The summed E-state index contributed by atoms with van der Waals surface area (Å²) in [7, 11) is 0. The van der Waals surface area contributed by atoms with Gasteiger partial charge in [0.25, 0.3) is 0 Å². The highest BCUT2D eigenvalue weighted by molar-refractivity contribution is 5.85. The summed E-state index contributed by atoms with van der Waals surface area (Å²) in [6.45, 7) is 2.67. The van der Waals surface area contributed by atoms with Crippen LogP contribution in [0.15, 0.2) is 59.1 Å². The lowest BCUT2D eigenvalue weighted by Crippen LogP contribution is -2.10. The zero-order chi connectivity index (χ0) is 16.9.